The normalized spacial score (nSPS) is 10.9. The monoisotopic (exact) mass is 421 g/mol. The summed E-state index contributed by atoms with van der Waals surface area (Å²) in [4.78, 5) is 18.5. The molecule has 1 heterocycles. The predicted octanol–water partition coefficient (Wildman–Crippen LogP) is 5.37. The number of carbonyl (C=O) groups excluding carboxylic acids is 1. The topological polar surface area (TPSA) is 69.6 Å². The van der Waals surface area contributed by atoms with Crippen LogP contribution >= 0.6 is 11.3 Å². The molecule has 1 aromatic heterocycles. The summed E-state index contributed by atoms with van der Waals surface area (Å²) in [7, 11) is 0. The molecule has 0 unspecified atom stereocenters. The van der Waals surface area contributed by atoms with Gasteiger partial charge in [-0.3, -0.25) is 10.2 Å². The summed E-state index contributed by atoms with van der Waals surface area (Å²) in [6.45, 7) is 9.79. The van der Waals surface area contributed by atoms with Crippen LogP contribution < -0.4 is 15.6 Å². The van der Waals surface area contributed by atoms with Crippen molar-refractivity contribution in [3.8, 4) is 11.3 Å². The molecular formula is C23H27N5OS. The summed E-state index contributed by atoms with van der Waals surface area (Å²) in [5.41, 5.74) is 8.03. The SMILES string of the molecule is CCN(CC)c1ccc(/C=N\Nc2nc(-c3ccc(C)cc3)c(NC(C)=O)s2)cc1. The number of thiazole rings is 1. The molecule has 0 aliphatic rings. The van der Waals surface area contributed by atoms with Gasteiger partial charge in [0.25, 0.3) is 0 Å². The molecule has 0 radical (unpaired) electrons. The zero-order valence-corrected chi connectivity index (χ0v) is 18.6. The Hall–Kier alpha value is -3.19. The Labute approximate surface area is 181 Å². The Bertz CT molecular complexity index is 1010. The van der Waals surface area contributed by atoms with Gasteiger partial charge in [-0.25, -0.2) is 4.98 Å². The highest BCUT2D eigenvalue weighted by Gasteiger charge is 2.14. The number of hydrogen-bond acceptors (Lipinski definition) is 6. The molecule has 0 atom stereocenters. The Kier molecular flexibility index (Phi) is 7.19. The molecular weight excluding hydrogens is 394 g/mol. The number of aromatic nitrogens is 1. The number of amides is 1. The lowest BCUT2D eigenvalue weighted by atomic mass is 10.1. The lowest BCUT2D eigenvalue weighted by molar-refractivity contribution is -0.114. The van der Waals surface area contributed by atoms with Crippen LogP contribution in [0.25, 0.3) is 11.3 Å². The highest BCUT2D eigenvalue weighted by atomic mass is 32.1. The van der Waals surface area contributed by atoms with Crippen molar-refractivity contribution < 1.29 is 4.79 Å². The fraction of sp³-hybridized carbons (Fsp3) is 0.261. The lowest BCUT2D eigenvalue weighted by Gasteiger charge is -2.20. The maximum Gasteiger partial charge on any atom is 0.221 e. The van der Waals surface area contributed by atoms with Gasteiger partial charge in [0.2, 0.25) is 11.0 Å². The van der Waals surface area contributed by atoms with Crippen LogP contribution in [0.3, 0.4) is 0 Å². The van der Waals surface area contributed by atoms with Gasteiger partial charge in [-0.05, 0) is 38.5 Å². The molecule has 0 saturated heterocycles. The minimum absolute atomic E-state index is 0.129. The Morgan fingerprint density at radius 1 is 1.10 bits per heavy atom. The van der Waals surface area contributed by atoms with E-state index >= 15 is 0 Å². The fourth-order valence-corrected chi connectivity index (χ4v) is 3.93. The molecule has 156 valence electrons. The maximum atomic E-state index is 11.6. The zero-order chi connectivity index (χ0) is 21.5. The number of rotatable bonds is 8. The van der Waals surface area contributed by atoms with Crippen LogP contribution in [0.5, 0.6) is 0 Å². The van der Waals surface area contributed by atoms with Crippen LogP contribution in [-0.2, 0) is 4.79 Å². The number of hydrogen-bond donors (Lipinski definition) is 2. The number of nitrogens with one attached hydrogen (secondary N) is 2. The summed E-state index contributed by atoms with van der Waals surface area (Å²) < 4.78 is 0. The number of aryl methyl sites for hydroxylation is 1. The molecule has 30 heavy (non-hydrogen) atoms. The van der Waals surface area contributed by atoms with Gasteiger partial charge in [0.1, 0.15) is 10.7 Å². The van der Waals surface area contributed by atoms with Crippen molar-refractivity contribution in [1.82, 2.24) is 4.98 Å². The van der Waals surface area contributed by atoms with Crippen LogP contribution in [0.15, 0.2) is 53.6 Å². The van der Waals surface area contributed by atoms with Crippen molar-refractivity contribution in [2.45, 2.75) is 27.7 Å². The van der Waals surface area contributed by atoms with E-state index < -0.39 is 0 Å². The largest absolute Gasteiger partial charge is 0.372 e. The van der Waals surface area contributed by atoms with E-state index in [0.717, 1.165) is 29.9 Å². The average molecular weight is 422 g/mol. The van der Waals surface area contributed by atoms with Crippen LogP contribution in [-0.4, -0.2) is 30.2 Å². The number of hydrazone groups is 1. The summed E-state index contributed by atoms with van der Waals surface area (Å²) >= 11 is 1.36. The first kappa shape index (κ1) is 21.5. The van der Waals surface area contributed by atoms with Crippen LogP contribution in [0.4, 0.5) is 15.8 Å². The molecule has 2 aromatic carbocycles. The molecule has 7 heteroatoms. The van der Waals surface area contributed by atoms with E-state index in [1.54, 1.807) is 6.21 Å². The number of anilines is 3. The minimum Gasteiger partial charge on any atom is -0.372 e. The van der Waals surface area contributed by atoms with Crippen molar-refractivity contribution in [2.24, 2.45) is 5.10 Å². The van der Waals surface area contributed by atoms with E-state index in [2.05, 4.69) is 51.7 Å². The van der Waals surface area contributed by atoms with E-state index in [1.807, 2.05) is 43.3 Å². The Morgan fingerprint density at radius 3 is 2.37 bits per heavy atom. The first-order chi connectivity index (χ1) is 14.5. The zero-order valence-electron chi connectivity index (χ0n) is 17.8. The summed E-state index contributed by atoms with van der Waals surface area (Å²) in [5.74, 6) is -0.129. The number of nitrogens with zero attached hydrogens (tertiary/aromatic N) is 3. The summed E-state index contributed by atoms with van der Waals surface area (Å²) in [5, 5.41) is 8.50. The molecule has 0 spiro atoms. The first-order valence-corrected chi connectivity index (χ1v) is 10.8. The smallest absolute Gasteiger partial charge is 0.221 e. The Morgan fingerprint density at radius 2 is 1.77 bits per heavy atom. The second-order valence-electron chi connectivity index (χ2n) is 6.88. The van der Waals surface area contributed by atoms with Gasteiger partial charge in [-0.1, -0.05) is 53.3 Å². The predicted molar refractivity (Wildman–Crippen MR) is 128 cm³/mol. The van der Waals surface area contributed by atoms with Gasteiger partial charge in [-0.15, -0.1) is 0 Å². The molecule has 0 aliphatic heterocycles. The van der Waals surface area contributed by atoms with Gasteiger partial charge >= 0.3 is 0 Å². The van der Waals surface area contributed by atoms with E-state index in [1.165, 1.54) is 29.5 Å². The summed E-state index contributed by atoms with van der Waals surface area (Å²) in [6.07, 6.45) is 1.76. The van der Waals surface area contributed by atoms with Gasteiger partial charge in [0.15, 0.2) is 0 Å². The molecule has 0 aliphatic carbocycles. The van der Waals surface area contributed by atoms with Gasteiger partial charge < -0.3 is 10.2 Å². The number of benzene rings is 2. The Balaban J connectivity index is 1.74. The molecule has 3 aromatic rings. The van der Waals surface area contributed by atoms with Crippen molar-refractivity contribution in [2.75, 3.05) is 28.7 Å². The quantitative estimate of drug-likeness (QED) is 0.379. The van der Waals surface area contributed by atoms with Crippen LogP contribution in [0.2, 0.25) is 0 Å². The molecule has 2 N–H and O–H groups in total. The van der Waals surface area contributed by atoms with E-state index in [4.69, 9.17) is 0 Å². The van der Waals surface area contributed by atoms with Crippen LogP contribution in [0.1, 0.15) is 31.9 Å². The van der Waals surface area contributed by atoms with Gasteiger partial charge in [-0.2, -0.15) is 5.10 Å². The van der Waals surface area contributed by atoms with Crippen molar-refractivity contribution in [1.29, 1.82) is 0 Å². The minimum atomic E-state index is -0.129. The second kappa shape index (κ2) is 10.0. The van der Waals surface area contributed by atoms with E-state index in [-0.39, 0.29) is 5.91 Å². The highest BCUT2D eigenvalue weighted by molar-refractivity contribution is 7.20. The van der Waals surface area contributed by atoms with Crippen molar-refractivity contribution in [3.63, 3.8) is 0 Å². The molecule has 0 fully saturated rings. The molecule has 0 saturated carbocycles. The lowest BCUT2D eigenvalue weighted by Crippen LogP contribution is -2.21. The maximum absolute atomic E-state index is 11.6. The molecule has 6 nitrogen and oxygen atoms in total. The van der Waals surface area contributed by atoms with Gasteiger partial charge in [0.05, 0.1) is 6.21 Å². The standard InChI is InChI=1S/C23H27N5OS/c1-5-28(6-2)20-13-9-18(10-14-20)15-24-27-23-26-21(22(30-23)25-17(4)29)19-11-7-16(3)8-12-19/h7-15H,5-6H2,1-4H3,(H,25,29)(H,26,27)/b24-15-. The molecule has 0 bridgehead atoms. The number of carbonyl (C=O) groups is 1. The molecule has 1 amide bonds. The summed E-state index contributed by atoms with van der Waals surface area (Å²) in [6, 6.07) is 16.3. The highest BCUT2D eigenvalue weighted by Crippen LogP contribution is 2.36. The van der Waals surface area contributed by atoms with Crippen LogP contribution in [0, 0.1) is 6.92 Å². The second-order valence-corrected chi connectivity index (χ2v) is 7.88. The third-order valence-electron chi connectivity index (χ3n) is 4.64. The van der Waals surface area contributed by atoms with E-state index in [9.17, 15) is 4.79 Å². The fourth-order valence-electron chi connectivity index (χ4n) is 3.04. The third-order valence-corrected chi connectivity index (χ3v) is 5.51. The van der Waals surface area contributed by atoms with E-state index in [0.29, 0.717) is 10.1 Å². The first-order valence-electron chi connectivity index (χ1n) is 9.99. The van der Waals surface area contributed by atoms with Gasteiger partial charge in [0, 0.05) is 31.3 Å². The van der Waals surface area contributed by atoms with Crippen molar-refractivity contribution in [3.05, 3.63) is 59.7 Å². The van der Waals surface area contributed by atoms with Crippen molar-refractivity contribution >= 4 is 39.3 Å². The average Bonchev–Trinajstić information content (AvgIpc) is 3.12. The third kappa shape index (κ3) is 5.45. The molecule has 3 rings (SSSR count).